The molecule has 12 rings (SSSR count). The zero-order chi connectivity index (χ0) is 42.5. The lowest BCUT2D eigenvalue weighted by Gasteiger charge is -2.35. The van der Waals surface area contributed by atoms with E-state index in [-0.39, 0.29) is 0 Å². The summed E-state index contributed by atoms with van der Waals surface area (Å²) in [5.41, 5.74) is 16.0. The molecular formula is C61H42N2S. The molecule has 1 aliphatic rings. The number of thiophene rings is 1. The van der Waals surface area contributed by atoms with Gasteiger partial charge in [0, 0.05) is 54.3 Å². The van der Waals surface area contributed by atoms with Crippen LogP contribution >= 0.6 is 11.3 Å². The first-order valence-electron chi connectivity index (χ1n) is 21.9. The van der Waals surface area contributed by atoms with E-state index in [4.69, 9.17) is 0 Å². The van der Waals surface area contributed by atoms with Gasteiger partial charge in [-0.25, -0.2) is 0 Å². The summed E-state index contributed by atoms with van der Waals surface area (Å²) in [6.07, 6.45) is 0. The topological polar surface area (TPSA) is 6.48 Å². The van der Waals surface area contributed by atoms with E-state index in [1.54, 1.807) is 0 Å². The lowest BCUT2D eigenvalue weighted by molar-refractivity contribution is 0.768. The molecule has 0 amide bonds. The number of hydrogen-bond acceptors (Lipinski definition) is 3. The van der Waals surface area contributed by atoms with Crippen LogP contribution in [-0.2, 0) is 5.41 Å². The molecule has 3 heteroatoms. The maximum Gasteiger partial charge on any atom is 0.0714 e. The van der Waals surface area contributed by atoms with E-state index < -0.39 is 5.41 Å². The monoisotopic (exact) mass is 834 g/mol. The Morgan fingerprint density at radius 1 is 0.281 bits per heavy atom. The minimum Gasteiger partial charge on any atom is -0.310 e. The van der Waals surface area contributed by atoms with Gasteiger partial charge < -0.3 is 9.80 Å². The van der Waals surface area contributed by atoms with E-state index in [0.717, 1.165) is 34.1 Å². The third-order valence-corrected chi connectivity index (χ3v) is 14.1. The standard InChI is InChI=1S/C61H42N2S/c1-4-18-43(19-5-1)44-34-36-48(37-35-44)63(52-38-39-60-56(42-52)55-30-12-15-33-59(55)64-60)51-27-17-26-50(41-51)62(47-23-8-3-9-24-47)49-25-16-22-46(40-49)61(45-20-6-2-7-21-45)57-31-13-10-28-53(57)54-29-11-14-32-58(54)61/h1-42H. The summed E-state index contributed by atoms with van der Waals surface area (Å²) in [7, 11) is 0. The molecule has 10 aromatic carbocycles. The van der Waals surface area contributed by atoms with Crippen molar-refractivity contribution in [1.82, 2.24) is 0 Å². The fourth-order valence-electron chi connectivity index (χ4n) is 10.1. The van der Waals surface area contributed by atoms with Gasteiger partial charge in [-0.1, -0.05) is 176 Å². The molecule has 1 aromatic heterocycles. The van der Waals surface area contributed by atoms with E-state index in [1.165, 1.54) is 64.7 Å². The zero-order valence-electron chi connectivity index (χ0n) is 35.1. The molecule has 0 atom stereocenters. The Morgan fingerprint density at radius 2 is 0.734 bits per heavy atom. The quantitative estimate of drug-likeness (QED) is 0.143. The van der Waals surface area contributed by atoms with E-state index in [1.807, 2.05) is 11.3 Å². The van der Waals surface area contributed by atoms with Crippen molar-refractivity contribution in [2.75, 3.05) is 9.80 Å². The summed E-state index contributed by atoms with van der Waals surface area (Å²) in [5, 5.41) is 2.55. The fraction of sp³-hybridized carbons (Fsp3) is 0.0164. The zero-order valence-corrected chi connectivity index (χ0v) is 35.9. The largest absolute Gasteiger partial charge is 0.310 e. The maximum absolute atomic E-state index is 2.42. The molecule has 0 spiro atoms. The molecule has 2 nitrogen and oxygen atoms in total. The number of anilines is 6. The smallest absolute Gasteiger partial charge is 0.0714 e. The van der Waals surface area contributed by atoms with Crippen LogP contribution in [-0.4, -0.2) is 0 Å². The van der Waals surface area contributed by atoms with Gasteiger partial charge in [-0.15, -0.1) is 11.3 Å². The highest BCUT2D eigenvalue weighted by atomic mass is 32.1. The molecule has 0 N–H and O–H groups in total. The Morgan fingerprint density at radius 3 is 1.42 bits per heavy atom. The Hall–Kier alpha value is -7.98. The summed E-state index contributed by atoms with van der Waals surface area (Å²) >= 11 is 1.85. The van der Waals surface area contributed by atoms with E-state index in [0.29, 0.717) is 0 Å². The summed E-state index contributed by atoms with van der Waals surface area (Å²) < 4.78 is 2.59. The predicted molar refractivity (Wildman–Crippen MR) is 271 cm³/mol. The van der Waals surface area contributed by atoms with Gasteiger partial charge in [-0.05, 0) is 123 Å². The van der Waals surface area contributed by atoms with Gasteiger partial charge >= 0.3 is 0 Å². The van der Waals surface area contributed by atoms with Gasteiger partial charge in [0.1, 0.15) is 0 Å². The van der Waals surface area contributed by atoms with Crippen molar-refractivity contribution in [3.05, 3.63) is 277 Å². The van der Waals surface area contributed by atoms with Crippen molar-refractivity contribution >= 4 is 65.6 Å². The minimum absolute atomic E-state index is 0.512. The second-order valence-corrected chi connectivity index (χ2v) is 17.6. The Bertz CT molecular complexity index is 3400. The molecule has 0 saturated heterocycles. The van der Waals surface area contributed by atoms with Crippen molar-refractivity contribution in [2.24, 2.45) is 0 Å². The summed E-state index contributed by atoms with van der Waals surface area (Å²) in [4.78, 5) is 4.81. The SMILES string of the molecule is c1ccc(-c2ccc(N(c3cccc(N(c4ccccc4)c4cccc(C5(c6ccccc6)c6ccccc6-c6ccccc65)c4)c3)c3ccc4sc5ccccc5c4c3)cc2)cc1. The van der Waals surface area contributed by atoms with Crippen molar-refractivity contribution in [3.63, 3.8) is 0 Å². The highest BCUT2D eigenvalue weighted by Crippen LogP contribution is 2.56. The highest BCUT2D eigenvalue weighted by molar-refractivity contribution is 7.25. The van der Waals surface area contributed by atoms with E-state index in [2.05, 4.69) is 265 Å². The first-order chi connectivity index (χ1) is 31.7. The van der Waals surface area contributed by atoms with Gasteiger partial charge in [0.15, 0.2) is 0 Å². The molecule has 0 radical (unpaired) electrons. The van der Waals surface area contributed by atoms with Crippen LogP contribution in [0, 0.1) is 0 Å². The van der Waals surface area contributed by atoms with Crippen LogP contribution in [0.5, 0.6) is 0 Å². The molecule has 0 aliphatic heterocycles. The number of benzene rings is 10. The van der Waals surface area contributed by atoms with Gasteiger partial charge in [0.25, 0.3) is 0 Å². The van der Waals surface area contributed by atoms with Crippen molar-refractivity contribution in [3.8, 4) is 22.3 Å². The van der Waals surface area contributed by atoms with Crippen LogP contribution in [0.1, 0.15) is 22.3 Å². The molecule has 1 aliphatic carbocycles. The summed E-state index contributed by atoms with van der Waals surface area (Å²) in [6.45, 7) is 0. The molecule has 1 heterocycles. The second-order valence-electron chi connectivity index (χ2n) is 16.5. The van der Waals surface area contributed by atoms with Gasteiger partial charge in [-0.3, -0.25) is 0 Å². The third-order valence-electron chi connectivity index (χ3n) is 12.9. The third kappa shape index (κ3) is 6.24. The van der Waals surface area contributed by atoms with Gasteiger partial charge in [0.05, 0.1) is 5.41 Å². The molecule has 0 bridgehead atoms. The van der Waals surface area contributed by atoms with Crippen LogP contribution in [0.4, 0.5) is 34.1 Å². The first kappa shape index (κ1) is 37.8. The fourth-order valence-corrected chi connectivity index (χ4v) is 11.2. The minimum atomic E-state index is -0.512. The average Bonchev–Trinajstić information content (AvgIpc) is 3.89. The molecule has 11 aromatic rings. The molecule has 64 heavy (non-hydrogen) atoms. The van der Waals surface area contributed by atoms with Crippen molar-refractivity contribution in [2.45, 2.75) is 5.41 Å². The maximum atomic E-state index is 2.42. The number of fused-ring (bicyclic) bond motifs is 6. The Kier molecular flexibility index (Phi) is 9.28. The second kappa shape index (κ2) is 15.7. The lowest BCUT2D eigenvalue weighted by atomic mass is 9.67. The number of para-hydroxylation sites is 1. The lowest BCUT2D eigenvalue weighted by Crippen LogP contribution is -2.28. The molecule has 0 saturated carbocycles. The summed E-state index contributed by atoms with van der Waals surface area (Å²) in [6, 6.07) is 93.3. The number of nitrogens with zero attached hydrogens (tertiary/aromatic N) is 2. The van der Waals surface area contributed by atoms with E-state index in [9.17, 15) is 0 Å². The van der Waals surface area contributed by atoms with Crippen LogP contribution in [0.25, 0.3) is 42.4 Å². The van der Waals surface area contributed by atoms with Crippen LogP contribution in [0.15, 0.2) is 255 Å². The highest BCUT2D eigenvalue weighted by Gasteiger charge is 2.46. The van der Waals surface area contributed by atoms with E-state index >= 15 is 0 Å². The molecule has 0 unspecified atom stereocenters. The Labute approximate surface area is 378 Å². The van der Waals surface area contributed by atoms with Crippen LogP contribution in [0.2, 0.25) is 0 Å². The van der Waals surface area contributed by atoms with Crippen LogP contribution < -0.4 is 9.80 Å². The van der Waals surface area contributed by atoms with Gasteiger partial charge in [0.2, 0.25) is 0 Å². The van der Waals surface area contributed by atoms with Crippen LogP contribution in [0.3, 0.4) is 0 Å². The van der Waals surface area contributed by atoms with Crippen molar-refractivity contribution < 1.29 is 0 Å². The van der Waals surface area contributed by atoms with Gasteiger partial charge in [-0.2, -0.15) is 0 Å². The molecular weight excluding hydrogens is 793 g/mol. The number of rotatable bonds is 9. The van der Waals surface area contributed by atoms with Crippen molar-refractivity contribution in [1.29, 1.82) is 0 Å². The normalized spacial score (nSPS) is 12.5. The average molecular weight is 835 g/mol. The summed E-state index contributed by atoms with van der Waals surface area (Å²) in [5.74, 6) is 0. The number of hydrogen-bond donors (Lipinski definition) is 0. The molecule has 302 valence electrons. The first-order valence-corrected chi connectivity index (χ1v) is 22.7. The molecule has 0 fully saturated rings. The predicted octanol–water partition coefficient (Wildman–Crippen LogP) is 17.0. The Balaban J connectivity index is 1.04.